The van der Waals surface area contributed by atoms with E-state index in [0.29, 0.717) is 0 Å². The van der Waals surface area contributed by atoms with E-state index < -0.39 is 5.97 Å². The lowest BCUT2D eigenvalue weighted by atomic mass is 10.0. The first-order valence-electron chi connectivity index (χ1n) is 5.59. The number of thiazole rings is 1. The molecule has 19 heavy (non-hydrogen) atoms. The molecule has 0 radical (unpaired) electrons. The Morgan fingerprint density at radius 1 is 1.42 bits per heavy atom. The Morgan fingerprint density at radius 2 is 2.05 bits per heavy atom. The van der Waals surface area contributed by atoms with Crippen LogP contribution in [-0.4, -0.2) is 16.1 Å². The van der Waals surface area contributed by atoms with Gasteiger partial charge in [0.15, 0.2) is 5.69 Å². The van der Waals surface area contributed by atoms with Crippen molar-refractivity contribution in [1.82, 2.24) is 4.98 Å². The van der Waals surface area contributed by atoms with Gasteiger partial charge in [0.05, 0.1) is 5.01 Å². The van der Waals surface area contributed by atoms with Gasteiger partial charge in [0, 0.05) is 17.0 Å². The predicted molar refractivity (Wildman–Crippen MR) is 79.3 cm³/mol. The van der Waals surface area contributed by atoms with E-state index in [9.17, 15) is 4.79 Å². The molecule has 102 valence electrons. The van der Waals surface area contributed by atoms with E-state index in [-0.39, 0.29) is 24.0 Å². The fourth-order valence-corrected chi connectivity index (χ4v) is 2.56. The van der Waals surface area contributed by atoms with E-state index in [2.05, 4.69) is 4.98 Å². The Hall–Kier alpha value is -1.59. The van der Waals surface area contributed by atoms with Crippen LogP contribution in [0.2, 0.25) is 0 Å². The average molecular weight is 299 g/mol. The molecule has 0 aliphatic heterocycles. The van der Waals surface area contributed by atoms with E-state index in [0.717, 1.165) is 17.1 Å². The van der Waals surface area contributed by atoms with E-state index in [1.807, 2.05) is 31.2 Å². The summed E-state index contributed by atoms with van der Waals surface area (Å²) in [5.41, 5.74) is 7.67. The molecule has 0 bridgehead atoms. The molecule has 0 aliphatic carbocycles. The molecular weight excluding hydrogens is 284 g/mol. The summed E-state index contributed by atoms with van der Waals surface area (Å²) in [5, 5.41) is 11.3. The molecule has 1 atom stereocenters. The maximum absolute atomic E-state index is 10.8. The van der Waals surface area contributed by atoms with Crippen molar-refractivity contribution in [1.29, 1.82) is 0 Å². The molecule has 0 aliphatic rings. The molecule has 0 fully saturated rings. The van der Waals surface area contributed by atoms with Crippen LogP contribution in [0.25, 0.3) is 0 Å². The zero-order valence-corrected chi connectivity index (χ0v) is 12.0. The number of carboxylic acid groups (broad SMARTS) is 1. The lowest BCUT2D eigenvalue weighted by Gasteiger charge is -2.08. The minimum atomic E-state index is -0.975. The number of nitrogens with two attached hydrogens (primary N) is 1. The molecule has 6 heteroatoms. The van der Waals surface area contributed by atoms with Gasteiger partial charge in [0.2, 0.25) is 0 Å². The van der Waals surface area contributed by atoms with Gasteiger partial charge in [-0.15, -0.1) is 23.7 Å². The second-order valence-corrected chi connectivity index (χ2v) is 5.11. The second-order valence-electron chi connectivity index (χ2n) is 4.22. The zero-order valence-electron chi connectivity index (χ0n) is 10.4. The Bertz CT molecular complexity index is 554. The summed E-state index contributed by atoms with van der Waals surface area (Å²) in [6, 6.07) is 7.70. The van der Waals surface area contributed by atoms with Crippen molar-refractivity contribution >= 4 is 35.4 Å². The van der Waals surface area contributed by atoms with Gasteiger partial charge in [0.1, 0.15) is 0 Å². The third-order valence-electron chi connectivity index (χ3n) is 2.68. The largest absolute Gasteiger partial charge is 0.476 e. The monoisotopic (exact) mass is 298 g/mol. The minimum absolute atomic E-state index is 0. The normalized spacial score (nSPS) is 11.6. The number of nitrogens with zero attached hydrogens (tertiary/aromatic N) is 1. The molecule has 1 heterocycles. The molecule has 4 nitrogen and oxygen atoms in total. The highest BCUT2D eigenvalue weighted by Gasteiger charge is 2.14. The summed E-state index contributed by atoms with van der Waals surface area (Å²) in [7, 11) is 0. The molecule has 0 spiro atoms. The van der Waals surface area contributed by atoms with Gasteiger partial charge < -0.3 is 10.8 Å². The number of aromatic carboxylic acids is 1. The molecule has 2 aromatic rings. The van der Waals surface area contributed by atoms with Gasteiger partial charge in [-0.2, -0.15) is 0 Å². The fraction of sp³-hybridized carbons (Fsp3) is 0.231. The molecule has 0 saturated carbocycles. The van der Waals surface area contributed by atoms with Crippen LogP contribution in [0.4, 0.5) is 5.69 Å². The number of benzene rings is 1. The van der Waals surface area contributed by atoms with Gasteiger partial charge in [-0.3, -0.25) is 0 Å². The number of hydrogen-bond donors (Lipinski definition) is 2. The summed E-state index contributed by atoms with van der Waals surface area (Å²) >= 11 is 1.39. The number of aromatic nitrogens is 1. The van der Waals surface area contributed by atoms with Crippen LogP contribution in [-0.2, 0) is 6.42 Å². The van der Waals surface area contributed by atoms with Crippen LogP contribution < -0.4 is 5.73 Å². The average Bonchev–Trinajstić information content (AvgIpc) is 2.81. The molecule has 1 unspecified atom stereocenters. The molecule has 2 rings (SSSR count). The van der Waals surface area contributed by atoms with Crippen LogP contribution in [0, 0.1) is 0 Å². The van der Waals surface area contributed by atoms with E-state index in [4.69, 9.17) is 10.8 Å². The third-order valence-corrected chi connectivity index (χ3v) is 3.76. The summed E-state index contributed by atoms with van der Waals surface area (Å²) in [6.45, 7) is 2.04. The Kier molecular flexibility index (Phi) is 5.32. The second kappa shape index (κ2) is 6.54. The smallest absolute Gasteiger partial charge is 0.355 e. The molecule has 1 aromatic heterocycles. The standard InChI is InChI=1S/C13H14N2O2S.ClH/c1-8(6-9-2-4-10(14)5-3-9)12-15-11(7-18-12)13(16)17;/h2-5,7-8H,6,14H2,1H3,(H,16,17);1H. The summed E-state index contributed by atoms with van der Waals surface area (Å²) < 4.78 is 0. The fourth-order valence-electron chi connectivity index (χ4n) is 1.71. The lowest BCUT2D eigenvalue weighted by molar-refractivity contribution is 0.0691. The van der Waals surface area contributed by atoms with Crippen molar-refractivity contribution in [2.45, 2.75) is 19.3 Å². The van der Waals surface area contributed by atoms with Crippen LogP contribution in [0.1, 0.15) is 33.9 Å². The van der Waals surface area contributed by atoms with Crippen molar-refractivity contribution in [3.8, 4) is 0 Å². The van der Waals surface area contributed by atoms with Crippen LogP contribution in [0.3, 0.4) is 0 Å². The topological polar surface area (TPSA) is 76.2 Å². The predicted octanol–water partition coefficient (Wildman–Crippen LogP) is 3.19. The van der Waals surface area contributed by atoms with Crippen molar-refractivity contribution in [3.05, 3.63) is 45.9 Å². The van der Waals surface area contributed by atoms with Crippen molar-refractivity contribution in [2.24, 2.45) is 0 Å². The maximum atomic E-state index is 10.8. The third kappa shape index (κ3) is 3.94. The van der Waals surface area contributed by atoms with E-state index in [1.54, 1.807) is 5.38 Å². The number of hydrogen-bond acceptors (Lipinski definition) is 4. The van der Waals surface area contributed by atoms with Gasteiger partial charge in [-0.25, -0.2) is 9.78 Å². The zero-order chi connectivity index (χ0) is 13.1. The summed E-state index contributed by atoms with van der Waals surface area (Å²) in [6.07, 6.45) is 0.826. The van der Waals surface area contributed by atoms with Gasteiger partial charge >= 0.3 is 5.97 Å². The van der Waals surface area contributed by atoms with Crippen molar-refractivity contribution < 1.29 is 9.90 Å². The van der Waals surface area contributed by atoms with E-state index >= 15 is 0 Å². The number of halogens is 1. The molecular formula is C13H15ClN2O2S. The Morgan fingerprint density at radius 3 is 2.58 bits per heavy atom. The van der Waals surface area contributed by atoms with Crippen LogP contribution in [0.5, 0.6) is 0 Å². The van der Waals surface area contributed by atoms with Crippen molar-refractivity contribution in [3.63, 3.8) is 0 Å². The van der Waals surface area contributed by atoms with Gasteiger partial charge in [-0.1, -0.05) is 19.1 Å². The highest BCUT2D eigenvalue weighted by molar-refractivity contribution is 7.09. The Labute approximate surface area is 121 Å². The Balaban J connectivity index is 0.00000180. The minimum Gasteiger partial charge on any atom is -0.476 e. The molecule has 0 amide bonds. The SMILES string of the molecule is CC(Cc1ccc(N)cc1)c1nc(C(=O)O)cs1.Cl. The lowest BCUT2D eigenvalue weighted by Crippen LogP contribution is -2.01. The van der Waals surface area contributed by atoms with Crippen LogP contribution in [0.15, 0.2) is 29.6 Å². The summed E-state index contributed by atoms with van der Waals surface area (Å²) in [5.74, 6) is -0.774. The molecule has 0 saturated heterocycles. The first-order valence-corrected chi connectivity index (χ1v) is 6.47. The van der Waals surface area contributed by atoms with E-state index in [1.165, 1.54) is 16.9 Å². The number of anilines is 1. The molecule has 3 N–H and O–H groups in total. The maximum Gasteiger partial charge on any atom is 0.355 e. The highest BCUT2D eigenvalue weighted by Crippen LogP contribution is 2.24. The highest BCUT2D eigenvalue weighted by atomic mass is 35.5. The quantitative estimate of drug-likeness (QED) is 0.850. The van der Waals surface area contributed by atoms with Crippen molar-refractivity contribution in [2.75, 3.05) is 5.73 Å². The number of carboxylic acids is 1. The molecule has 1 aromatic carbocycles. The van der Waals surface area contributed by atoms with Gasteiger partial charge in [0.25, 0.3) is 0 Å². The first kappa shape index (κ1) is 15.5. The number of nitrogen functional groups attached to an aromatic ring is 1. The first-order chi connectivity index (χ1) is 8.56. The number of carbonyl (C=O) groups is 1. The number of rotatable bonds is 4. The summed E-state index contributed by atoms with van der Waals surface area (Å²) in [4.78, 5) is 14.9. The van der Waals surface area contributed by atoms with Gasteiger partial charge in [-0.05, 0) is 24.1 Å². The van der Waals surface area contributed by atoms with Crippen LogP contribution >= 0.6 is 23.7 Å².